The Morgan fingerprint density at radius 3 is 2.69 bits per heavy atom. The number of hydrogen-bond acceptors (Lipinski definition) is 5. The zero-order chi connectivity index (χ0) is 23.1. The maximum Gasteiger partial charge on any atom is 0.254 e. The van der Waals surface area contributed by atoms with E-state index in [1.54, 1.807) is 11.0 Å². The first-order valence-electron chi connectivity index (χ1n) is 10.6. The van der Waals surface area contributed by atoms with E-state index in [9.17, 15) is 14.0 Å². The summed E-state index contributed by atoms with van der Waals surface area (Å²) in [6.07, 6.45) is 1.77. The Balaban J connectivity index is 1.90. The highest BCUT2D eigenvalue weighted by Crippen LogP contribution is 2.26. The molecule has 32 heavy (non-hydrogen) atoms. The van der Waals surface area contributed by atoms with Gasteiger partial charge < -0.3 is 24.6 Å². The fourth-order valence-corrected chi connectivity index (χ4v) is 3.82. The fraction of sp³-hybridized carbons (Fsp3) is 0.417. The van der Waals surface area contributed by atoms with Gasteiger partial charge in [-0.3, -0.25) is 9.59 Å². The third kappa shape index (κ3) is 6.27. The first kappa shape index (κ1) is 23.7. The number of ether oxygens (including phenoxy) is 2. The third-order valence-corrected chi connectivity index (χ3v) is 5.29. The molecular formula is C24H30FN3O4. The highest BCUT2D eigenvalue weighted by atomic mass is 19.1. The van der Waals surface area contributed by atoms with Crippen molar-refractivity contribution in [1.29, 1.82) is 0 Å². The van der Waals surface area contributed by atoms with Gasteiger partial charge in [-0.05, 0) is 54.8 Å². The number of hydrogen-bond donors (Lipinski definition) is 1. The van der Waals surface area contributed by atoms with Crippen molar-refractivity contribution in [3.05, 3.63) is 59.4 Å². The Bertz CT molecular complexity index is 945. The zero-order valence-corrected chi connectivity index (χ0v) is 18.8. The molecule has 2 amide bonds. The number of carbonyl (C=O) groups excluding carboxylic acids is 2. The van der Waals surface area contributed by atoms with Crippen LogP contribution in [0.3, 0.4) is 0 Å². The van der Waals surface area contributed by atoms with Crippen LogP contribution in [0.4, 0.5) is 15.8 Å². The minimum absolute atomic E-state index is 0.0477. The normalized spacial score (nSPS) is 15.4. The molecule has 3 rings (SSSR count). The van der Waals surface area contributed by atoms with Crippen LogP contribution in [0.1, 0.15) is 28.8 Å². The van der Waals surface area contributed by atoms with Crippen LogP contribution in [0.2, 0.25) is 0 Å². The molecule has 1 N–H and O–H groups in total. The van der Waals surface area contributed by atoms with Crippen LogP contribution in [0.25, 0.3) is 0 Å². The quantitative estimate of drug-likeness (QED) is 0.644. The largest absolute Gasteiger partial charge is 0.377 e. The Morgan fingerprint density at radius 2 is 2.03 bits per heavy atom. The summed E-state index contributed by atoms with van der Waals surface area (Å²) in [6, 6.07) is 11.3. The van der Waals surface area contributed by atoms with Gasteiger partial charge in [0, 0.05) is 57.8 Å². The standard InChI is InChI=1S/C24H30FN3O4/c1-27(2)22-10-9-20(26-23(29)16-31-3)13-18(22)14-28(15-21-8-5-11-32-21)24(30)17-6-4-7-19(25)12-17/h4,6-7,9-10,12-13,21H,5,8,11,14-16H2,1-3H3,(H,26,29)/t21-/m0/s1. The molecule has 1 heterocycles. The van der Waals surface area contributed by atoms with E-state index >= 15 is 0 Å². The number of benzene rings is 2. The van der Waals surface area contributed by atoms with Gasteiger partial charge in [0.1, 0.15) is 12.4 Å². The van der Waals surface area contributed by atoms with Gasteiger partial charge in [0.15, 0.2) is 0 Å². The van der Waals surface area contributed by atoms with Crippen molar-refractivity contribution in [2.45, 2.75) is 25.5 Å². The van der Waals surface area contributed by atoms with Crippen LogP contribution in [0, 0.1) is 5.82 Å². The second-order valence-electron chi connectivity index (χ2n) is 8.05. The molecule has 1 saturated heterocycles. The highest BCUT2D eigenvalue weighted by molar-refractivity contribution is 5.94. The molecule has 1 fully saturated rings. The number of carbonyl (C=O) groups is 2. The molecule has 8 heteroatoms. The highest BCUT2D eigenvalue weighted by Gasteiger charge is 2.25. The van der Waals surface area contributed by atoms with E-state index in [1.807, 2.05) is 37.2 Å². The van der Waals surface area contributed by atoms with E-state index in [4.69, 9.17) is 9.47 Å². The Kier molecular flexibility index (Phi) is 8.19. The Hall–Kier alpha value is -2.97. The lowest BCUT2D eigenvalue weighted by Gasteiger charge is -2.28. The average molecular weight is 444 g/mol. The first-order chi connectivity index (χ1) is 15.4. The molecule has 0 aromatic heterocycles. The molecule has 1 atom stereocenters. The van der Waals surface area contributed by atoms with Gasteiger partial charge in [0.2, 0.25) is 5.91 Å². The molecule has 0 spiro atoms. The maximum atomic E-state index is 13.8. The zero-order valence-electron chi connectivity index (χ0n) is 18.8. The summed E-state index contributed by atoms with van der Waals surface area (Å²) in [5.41, 5.74) is 2.67. The van der Waals surface area contributed by atoms with Crippen LogP contribution in [0.15, 0.2) is 42.5 Å². The monoisotopic (exact) mass is 443 g/mol. The molecule has 2 aromatic carbocycles. The molecule has 172 valence electrons. The smallest absolute Gasteiger partial charge is 0.254 e. The molecule has 1 aliphatic rings. The number of methoxy groups -OCH3 is 1. The molecule has 1 aliphatic heterocycles. The molecule has 0 bridgehead atoms. The van der Waals surface area contributed by atoms with Crippen molar-refractivity contribution in [3.8, 4) is 0 Å². The number of anilines is 2. The predicted octanol–water partition coefficient (Wildman–Crippen LogP) is 3.30. The van der Waals surface area contributed by atoms with Crippen molar-refractivity contribution in [1.82, 2.24) is 4.90 Å². The van der Waals surface area contributed by atoms with Gasteiger partial charge in [-0.25, -0.2) is 4.39 Å². The summed E-state index contributed by atoms with van der Waals surface area (Å²) >= 11 is 0. The summed E-state index contributed by atoms with van der Waals surface area (Å²) in [5.74, 6) is -0.980. The Labute approximate surface area is 188 Å². The van der Waals surface area contributed by atoms with Crippen LogP contribution in [-0.4, -0.2) is 63.8 Å². The molecule has 2 aromatic rings. The molecule has 0 unspecified atom stereocenters. The number of nitrogens with zero attached hydrogens (tertiary/aromatic N) is 2. The topological polar surface area (TPSA) is 71.1 Å². The van der Waals surface area contributed by atoms with Crippen LogP contribution < -0.4 is 10.2 Å². The van der Waals surface area contributed by atoms with Gasteiger partial charge in [0.05, 0.1) is 6.10 Å². The number of amides is 2. The van der Waals surface area contributed by atoms with E-state index in [2.05, 4.69) is 5.32 Å². The summed E-state index contributed by atoms with van der Waals surface area (Å²) in [4.78, 5) is 28.9. The minimum Gasteiger partial charge on any atom is -0.377 e. The molecule has 7 nitrogen and oxygen atoms in total. The fourth-order valence-electron chi connectivity index (χ4n) is 3.82. The number of nitrogens with one attached hydrogen (secondary N) is 1. The minimum atomic E-state index is -0.454. The summed E-state index contributed by atoms with van der Waals surface area (Å²) < 4.78 is 24.4. The lowest BCUT2D eigenvalue weighted by Crippen LogP contribution is -2.37. The SMILES string of the molecule is COCC(=O)Nc1ccc(N(C)C)c(CN(C[C@@H]2CCCO2)C(=O)c2cccc(F)c2)c1. The van der Waals surface area contributed by atoms with E-state index in [0.717, 1.165) is 24.1 Å². The van der Waals surface area contributed by atoms with Crippen molar-refractivity contribution >= 4 is 23.2 Å². The van der Waals surface area contributed by atoms with Crippen LogP contribution in [0.5, 0.6) is 0 Å². The average Bonchev–Trinajstić information content (AvgIpc) is 3.26. The number of rotatable bonds is 9. The van der Waals surface area contributed by atoms with Gasteiger partial charge in [0.25, 0.3) is 5.91 Å². The maximum absolute atomic E-state index is 13.8. The van der Waals surface area contributed by atoms with E-state index < -0.39 is 5.82 Å². The van der Waals surface area contributed by atoms with E-state index in [1.165, 1.54) is 25.3 Å². The second kappa shape index (κ2) is 11.1. The van der Waals surface area contributed by atoms with E-state index in [0.29, 0.717) is 24.4 Å². The van der Waals surface area contributed by atoms with Gasteiger partial charge in [-0.2, -0.15) is 0 Å². The molecule has 0 saturated carbocycles. The van der Waals surface area contributed by atoms with Crippen LogP contribution >= 0.6 is 0 Å². The number of halogens is 1. The second-order valence-corrected chi connectivity index (χ2v) is 8.05. The predicted molar refractivity (Wildman–Crippen MR) is 121 cm³/mol. The lowest BCUT2D eigenvalue weighted by atomic mass is 10.1. The van der Waals surface area contributed by atoms with Crippen molar-refractivity contribution < 1.29 is 23.5 Å². The summed E-state index contributed by atoms with van der Waals surface area (Å²) in [7, 11) is 5.29. The van der Waals surface area contributed by atoms with Crippen molar-refractivity contribution in [3.63, 3.8) is 0 Å². The molecule has 0 radical (unpaired) electrons. The Morgan fingerprint density at radius 1 is 1.22 bits per heavy atom. The van der Waals surface area contributed by atoms with Gasteiger partial charge in [-0.15, -0.1) is 0 Å². The van der Waals surface area contributed by atoms with Gasteiger partial charge >= 0.3 is 0 Å². The van der Waals surface area contributed by atoms with E-state index in [-0.39, 0.29) is 31.1 Å². The summed E-state index contributed by atoms with van der Waals surface area (Å²) in [6.45, 7) is 1.32. The molecular weight excluding hydrogens is 413 g/mol. The lowest BCUT2D eigenvalue weighted by molar-refractivity contribution is -0.119. The summed E-state index contributed by atoms with van der Waals surface area (Å²) in [5, 5.41) is 2.80. The van der Waals surface area contributed by atoms with Crippen molar-refractivity contribution in [2.24, 2.45) is 0 Å². The molecule has 0 aliphatic carbocycles. The van der Waals surface area contributed by atoms with Gasteiger partial charge in [-0.1, -0.05) is 6.07 Å². The first-order valence-corrected chi connectivity index (χ1v) is 10.6. The van der Waals surface area contributed by atoms with Crippen molar-refractivity contribution in [2.75, 3.05) is 51.2 Å². The van der Waals surface area contributed by atoms with Crippen LogP contribution in [-0.2, 0) is 20.8 Å². The third-order valence-electron chi connectivity index (χ3n) is 5.29.